The minimum Gasteiger partial charge on any atom is -0.493 e. The largest absolute Gasteiger partial charge is 0.493 e. The number of carbonyl (C=O) groups excluding carboxylic acids is 1. The number of hydroxylamine groups is 1. The third-order valence-electron chi connectivity index (χ3n) is 4.65. The molecule has 0 saturated heterocycles. The number of hydrogen-bond donors (Lipinski definition) is 4. The van der Waals surface area contributed by atoms with Crippen molar-refractivity contribution in [2.24, 2.45) is 7.05 Å². The summed E-state index contributed by atoms with van der Waals surface area (Å²) in [4.78, 5) is 24.0. The Morgan fingerprint density at radius 3 is 2.22 bits per heavy atom. The van der Waals surface area contributed by atoms with E-state index < -0.39 is 45.2 Å². The minimum atomic E-state index is -4.28. The second-order valence-corrected chi connectivity index (χ2v) is 9.07. The molecule has 0 radical (unpaired) electrons. The number of amides is 1. The molecule has 12 heteroatoms. The predicted octanol–water partition coefficient (Wildman–Crippen LogP) is 0.395. The topological polar surface area (TPSA) is 160 Å². The summed E-state index contributed by atoms with van der Waals surface area (Å²) in [6, 6.07) is 14.1. The molecule has 0 bridgehead atoms. The minimum absolute atomic E-state index is 0.230. The maximum absolute atomic E-state index is 12.9. The zero-order valence-corrected chi connectivity index (χ0v) is 17.7. The smallest absolute Gasteiger partial charge is 0.330 e. The molecule has 3 rings (SSSR count). The van der Waals surface area contributed by atoms with Gasteiger partial charge in [-0.1, -0.05) is 18.2 Å². The van der Waals surface area contributed by atoms with Gasteiger partial charge in [-0.15, -0.1) is 0 Å². The van der Waals surface area contributed by atoms with E-state index in [1.807, 2.05) is 6.07 Å². The van der Waals surface area contributed by atoms with Gasteiger partial charge >= 0.3 is 5.69 Å². The van der Waals surface area contributed by atoms with Gasteiger partial charge in [-0.05, 0) is 36.4 Å². The number of para-hydroxylation sites is 1. The Labute approximate surface area is 182 Å². The fraction of sp³-hybridized carbons (Fsp3) is 0.200. The number of hydrogen-bond acceptors (Lipinski definition) is 8. The standard InChI is InChI=1S/C20H21N3O8S/c1-22-11-17(24)23(19(22)26)12-20(27,18(25)21-28)13-32(29,30)16-9-7-15(8-10-16)31-14-5-3-2-4-6-14/h2-11,24,27-28H,12-13H2,1H3,(H,21,25). The first-order valence-corrected chi connectivity index (χ1v) is 10.9. The van der Waals surface area contributed by atoms with Crippen molar-refractivity contribution in [2.75, 3.05) is 5.75 Å². The molecule has 0 aliphatic carbocycles. The molecule has 3 aromatic rings. The van der Waals surface area contributed by atoms with E-state index >= 15 is 0 Å². The fourth-order valence-corrected chi connectivity index (χ4v) is 4.59. The molecule has 1 heterocycles. The Hall–Kier alpha value is -3.61. The number of aromatic nitrogens is 2. The SMILES string of the molecule is Cn1cc(O)n(CC(O)(CS(=O)(=O)c2ccc(Oc3ccccc3)cc2)C(=O)NO)c1=O. The highest BCUT2D eigenvalue weighted by Gasteiger charge is 2.42. The van der Waals surface area contributed by atoms with Crippen molar-refractivity contribution in [3.8, 4) is 17.4 Å². The molecule has 2 aromatic carbocycles. The van der Waals surface area contributed by atoms with Crippen LogP contribution < -0.4 is 15.9 Å². The van der Waals surface area contributed by atoms with Crippen LogP contribution in [0.3, 0.4) is 0 Å². The summed E-state index contributed by atoms with van der Waals surface area (Å²) in [5, 5.41) is 29.7. The molecular formula is C20H21N3O8S. The van der Waals surface area contributed by atoms with Crippen molar-refractivity contribution in [3.05, 3.63) is 71.3 Å². The lowest BCUT2D eigenvalue weighted by Crippen LogP contribution is -2.54. The van der Waals surface area contributed by atoms with Gasteiger partial charge in [0.2, 0.25) is 5.88 Å². The first-order chi connectivity index (χ1) is 15.1. The normalized spacial score (nSPS) is 13.3. The van der Waals surface area contributed by atoms with Crippen LogP contribution >= 0.6 is 0 Å². The average molecular weight is 463 g/mol. The molecule has 1 aromatic heterocycles. The van der Waals surface area contributed by atoms with Crippen LogP contribution in [0.2, 0.25) is 0 Å². The van der Waals surface area contributed by atoms with E-state index in [2.05, 4.69) is 0 Å². The van der Waals surface area contributed by atoms with Crippen molar-refractivity contribution < 1.29 is 33.4 Å². The van der Waals surface area contributed by atoms with Crippen LogP contribution in [-0.2, 0) is 28.2 Å². The van der Waals surface area contributed by atoms with Crippen LogP contribution in [0, 0.1) is 0 Å². The predicted molar refractivity (Wildman–Crippen MR) is 111 cm³/mol. The van der Waals surface area contributed by atoms with E-state index in [0.29, 0.717) is 16.1 Å². The van der Waals surface area contributed by atoms with Crippen molar-refractivity contribution in [1.82, 2.24) is 14.6 Å². The summed E-state index contributed by atoms with van der Waals surface area (Å²) in [6.45, 7) is -0.917. The number of carbonyl (C=O) groups is 1. The van der Waals surface area contributed by atoms with Crippen LogP contribution in [0.5, 0.6) is 17.4 Å². The van der Waals surface area contributed by atoms with Crippen LogP contribution in [0.4, 0.5) is 0 Å². The number of aromatic hydroxyl groups is 1. The third-order valence-corrected chi connectivity index (χ3v) is 6.50. The second kappa shape index (κ2) is 8.86. The van der Waals surface area contributed by atoms with Gasteiger partial charge in [0.15, 0.2) is 15.4 Å². The number of sulfone groups is 1. The Balaban J connectivity index is 1.86. The van der Waals surface area contributed by atoms with Crippen LogP contribution in [0.15, 0.2) is 70.5 Å². The Morgan fingerprint density at radius 2 is 1.69 bits per heavy atom. The number of nitrogens with one attached hydrogen (secondary N) is 1. The van der Waals surface area contributed by atoms with E-state index in [-0.39, 0.29) is 4.90 Å². The summed E-state index contributed by atoms with van der Waals surface area (Å²) < 4.78 is 33.0. The van der Waals surface area contributed by atoms with Crippen LogP contribution in [0.1, 0.15) is 0 Å². The zero-order chi connectivity index (χ0) is 23.5. The van der Waals surface area contributed by atoms with Crippen LogP contribution in [-0.4, -0.2) is 50.2 Å². The maximum Gasteiger partial charge on any atom is 0.330 e. The Morgan fingerprint density at radius 1 is 1.09 bits per heavy atom. The summed E-state index contributed by atoms with van der Waals surface area (Å²) in [6.07, 6.45) is 1.03. The number of rotatable bonds is 8. The molecule has 4 N–H and O–H groups in total. The molecule has 1 amide bonds. The molecule has 0 aliphatic heterocycles. The Bertz CT molecular complexity index is 1270. The fourth-order valence-electron chi connectivity index (χ4n) is 3.02. The third kappa shape index (κ3) is 4.82. The molecule has 32 heavy (non-hydrogen) atoms. The van der Waals surface area contributed by atoms with Gasteiger partial charge in [0.25, 0.3) is 5.91 Å². The highest BCUT2D eigenvalue weighted by molar-refractivity contribution is 7.91. The van der Waals surface area contributed by atoms with Crippen molar-refractivity contribution in [1.29, 1.82) is 0 Å². The van der Waals surface area contributed by atoms with Gasteiger partial charge in [-0.3, -0.25) is 19.1 Å². The van der Waals surface area contributed by atoms with Gasteiger partial charge in [-0.2, -0.15) is 0 Å². The summed E-state index contributed by atoms with van der Waals surface area (Å²) in [5.74, 6) is -2.32. The molecule has 11 nitrogen and oxygen atoms in total. The Kier molecular flexibility index (Phi) is 6.39. The van der Waals surface area contributed by atoms with Crippen molar-refractivity contribution >= 4 is 15.7 Å². The molecule has 170 valence electrons. The van der Waals surface area contributed by atoms with Gasteiger partial charge in [0, 0.05) is 7.05 Å². The molecule has 0 saturated carbocycles. The number of aliphatic hydroxyl groups is 1. The maximum atomic E-state index is 12.9. The van der Waals surface area contributed by atoms with E-state index in [4.69, 9.17) is 9.94 Å². The van der Waals surface area contributed by atoms with E-state index in [9.17, 15) is 28.2 Å². The highest BCUT2D eigenvalue weighted by Crippen LogP contribution is 2.25. The summed E-state index contributed by atoms with van der Waals surface area (Å²) in [5.41, 5.74) is -2.36. The number of ether oxygens (including phenoxy) is 1. The zero-order valence-electron chi connectivity index (χ0n) is 16.9. The van der Waals surface area contributed by atoms with Gasteiger partial charge in [0.05, 0.1) is 23.4 Å². The van der Waals surface area contributed by atoms with Gasteiger partial charge < -0.3 is 14.9 Å². The number of nitrogens with zero attached hydrogens (tertiary/aromatic N) is 2. The number of aryl methyl sites for hydroxylation is 1. The highest BCUT2D eigenvalue weighted by atomic mass is 32.2. The van der Waals surface area contributed by atoms with Crippen LogP contribution in [0.25, 0.3) is 0 Å². The summed E-state index contributed by atoms with van der Waals surface area (Å²) >= 11 is 0. The molecular weight excluding hydrogens is 442 g/mol. The molecule has 0 aliphatic rings. The van der Waals surface area contributed by atoms with E-state index in [0.717, 1.165) is 10.8 Å². The monoisotopic (exact) mass is 463 g/mol. The molecule has 1 unspecified atom stereocenters. The second-order valence-electron chi connectivity index (χ2n) is 7.09. The van der Waals surface area contributed by atoms with Crippen molar-refractivity contribution in [2.45, 2.75) is 17.0 Å². The lowest BCUT2D eigenvalue weighted by atomic mass is 10.1. The lowest BCUT2D eigenvalue weighted by molar-refractivity contribution is -0.148. The molecule has 0 fully saturated rings. The van der Waals surface area contributed by atoms with Gasteiger partial charge in [-0.25, -0.2) is 18.7 Å². The first-order valence-electron chi connectivity index (χ1n) is 9.23. The molecule has 0 spiro atoms. The van der Waals surface area contributed by atoms with E-state index in [1.54, 1.807) is 24.3 Å². The number of benzene rings is 2. The molecule has 1 atom stereocenters. The average Bonchev–Trinajstić information content (AvgIpc) is 2.99. The first kappa shape index (κ1) is 23.1. The number of imidazole rings is 1. The lowest BCUT2D eigenvalue weighted by Gasteiger charge is -2.25. The quantitative estimate of drug-likeness (QED) is 0.276. The summed E-state index contributed by atoms with van der Waals surface area (Å²) in [7, 11) is -2.96. The van der Waals surface area contributed by atoms with Crippen molar-refractivity contribution in [3.63, 3.8) is 0 Å². The van der Waals surface area contributed by atoms with Gasteiger partial charge in [0.1, 0.15) is 11.5 Å². The van der Waals surface area contributed by atoms with E-state index in [1.165, 1.54) is 36.8 Å².